The largest absolute Gasteiger partial charge is 0.459 e. The highest BCUT2D eigenvalue weighted by molar-refractivity contribution is 7.87. The predicted octanol–water partition coefficient (Wildman–Crippen LogP) is 0.364. The number of fused-ring (bicyclic) bond motifs is 1. The minimum Gasteiger partial charge on any atom is -0.459 e. The van der Waals surface area contributed by atoms with Crippen molar-refractivity contribution in [3.8, 4) is 0 Å². The lowest BCUT2D eigenvalue weighted by atomic mass is 9.81. The van der Waals surface area contributed by atoms with Crippen LogP contribution in [0.5, 0.6) is 0 Å². The van der Waals surface area contributed by atoms with Crippen molar-refractivity contribution < 1.29 is 26.9 Å². The highest BCUT2D eigenvalue weighted by Crippen LogP contribution is 2.64. The van der Waals surface area contributed by atoms with Gasteiger partial charge in [-0.25, -0.2) is 0 Å². The van der Waals surface area contributed by atoms with Crippen LogP contribution in [0.1, 0.15) is 27.2 Å². The van der Waals surface area contributed by atoms with E-state index < -0.39 is 33.3 Å². The molecular weight excluding hydrogens is 322 g/mol. The van der Waals surface area contributed by atoms with Crippen LogP contribution >= 0.6 is 0 Å². The lowest BCUT2D eigenvalue weighted by molar-refractivity contribution is -0.151. The standard InChI is InChI=1S/C15H21NO6S/c1-7(2)14(18)16-6-10(17)21-12-8-5-9-11(15(8,3)4)13(12)23(19,20)22-9/h8-9,11-13H,1,5-6H2,2-4H3,(H,16,18). The number of carbonyl (C=O) groups excluding carboxylic acids is 2. The van der Waals surface area contributed by atoms with E-state index in [1.54, 1.807) is 0 Å². The Morgan fingerprint density at radius 3 is 2.65 bits per heavy atom. The van der Waals surface area contributed by atoms with E-state index in [0.717, 1.165) is 0 Å². The fraction of sp³-hybridized carbons (Fsp3) is 0.733. The van der Waals surface area contributed by atoms with E-state index >= 15 is 0 Å². The summed E-state index contributed by atoms with van der Waals surface area (Å²) in [6.45, 7) is 8.69. The number of rotatable bonds is 4. The summed E-state index contributed by atoms with van der Waals surface area (Å²) < 4.78 is 35.1. The third-order valence-electron chi connectivity index (χ3n) is 5.42. The summed E-state index contributed by atoms with van der Waals surface area (Å²) in [5, 5.41) is 1.59. The molecule has 5 atom stereocenters. The molecule has 5 unspecified atom stereocenters. The van der Waals surface area contributed by atoms with Gasteiger partial charge < -0.3 is 10.1 Å². The van der Waals surface area contributed by atoms with Crippen molar-refractivity contribution in [1.29, 1.82) is 0 Å². The smallest absolute Gasteiger partial charge is 0.325 e. The minimum absolute atomic E-state index is 0.0550. The first-order chi connectivity index (χ1) is 10.6. The third-order valence-corrected chi connectivity index (χ3v) is 7.16. The van der Waals surface area contributed by atoms with Crippen LogP contribution in [0.3, 0.4) is 0 Å². The van der Waals surface area contributed by atoms with Gasteiger partial charge >= 0.3 is 5.97 Å². The molecule has 2 saturated carbocycles. The lowest BCUT2D eigenvalue weighted by Gasteiger charge is -2.26. The van der Waals surface area contributed by atoms with Gasteiger partial charge in [0.1, 0.15) is 17.9 Å². The van der Waals surface area contributed by atoms with Gasteiger partial charge in [0, 0.05) is 17.4 Å². The molecule has 2 aliphatic carbocycles. The first kappa shape index (κ1) is 16.4. The maximum absolute atomic E-state index is 12.2. The topological polar surface area (TPSA) is 98.8 Å². The number of nitrogens with one attached hydrogen (secondary N) is 1. The van der Waals surface area contributed by atoms with Crippen LogP contribution in [0.4, 0.5) is 0 Å². The van der Waals surface area contributed by atoms with Gasteiger partial charge in [0.05, 0.1) is 6.10 Å². The summed E-state index contributed by atoms with van der Waals surface area (Å²) in [7, 11) is -3.72. The number of amides is 1. The first-order valence-electron chi connectivity index (χ1n) is 7.61. The maximum Gasteiger partial charge on any atom is 0.325 e. The average Bonchev–Trinajstić information content (AvgIpc) is 2.88. The number of hydrogen-bond donors (Lipinski definition) is 1. The molecule has 3 fully saturated rings. The highest BCUT2D eigenvalue weighted by atomic mass is 32.2. The van der Waals surface area contributed by atoms with Gasteiger partial charge in [-0.1, -0.05) is 20.4 Å². The lowest BCUT2D eigenvalue weighted by Crippen LogP contribution is -2.41. The van der Waals surface area contributed by atoms with Gasteiger partial charge in [0.25, 0.3) is 10.1 Å². The van der Waals surface area contributed by atoms with Crippen molar-refractivity contribution in [3.63, 3.8) is 0 Å². The first-order valence-corrected chi connectivity index (χ1v) is 9.08. The fourth-order valence-electron chi connectivity index (χ4n) is 4.38. The Bertz CT molecular complexity index is 682. The van der Waals surface area contributed by atoms with Crippen LogP contribution in [0.15, 0.2) is 12.2 Å². The van der Waals surface area contributed by atoms with Crippen LogP contribution < -0.4 is 5.32 Å². The second-order valence-corrected chi connectivity index (χ2v) is 8.92. The number of esters is 1. The third kappa shape index (κ3) is 2.39. The molecule has 23 heavy (non-hydrogen) atoms. The van der Waals surface area contributed by atoms with Gasteiger partial charge in [-0.3, -0.25) is 13.8 Å². The van der Waals surface area contributed by atoms with E-state index in [-0.39, 0.29) is 35.5 Å². The van der Waals surface area contributed by atoms with Crippen molar-refractivity contribution in [2.45, 2.75) is 44.6 Å². The van der Waals surface area contributed by atoms with E-state index in [1.165, 1.54) is 6.92 Å². The zero-order valence-corrected chi connectivity index (χ0v) is 14.2. The van der Waals surface area contributed by atoms with Crippen LogP contribution in [-0.2, 0) is 28.6 Å². The van der Waals surface area contributed by atoms with E-state index in [0.29, 0.717) is 6.42 Å². The molecule has 3 rings (SSSR count). The Labute approximate surface area is 135 Å². The van der Waals surface area contributed by atoms with E-state index in [1.807, 2.05) is 13.8 Å². The van der Waals surface area contributed by atoms with Crippen LogP contribution in [0.25, 0.3) is 0 Å². The average molecular weight is 343 g/mol. The highest BCUT2D eigenvalue weighted by Gasteiger charge is 2.73. The van der Waals surface area contributed by atoms with E-state index in [4.69, 9.17) is 8.92 Å². The van der Waals surface area contributed by atoms with Crippen LogP contribution in [0, 0.1) is 17.3 Å². The molecule has 2 bridgehead atoms. The quantitative estimate of drug-likeness (QED) is 0.450. The fourth-order valence-corrected chi connectivity index (χ4v) is 6.51. The van der Waals surface area contributed by atoms with E-state index in [2.05, 4.69) is 11.9 Å². The normalized spacial score (nSPS) is 38.3. The molecule has 0 radical (unpaired) electrons. The van der Waals surface area contributed by atoms with Gasteiger partial charge in [-0.05, 0) is 18.8 Å². The number of carbonyl (C=O) groups is 2. The Morgan fingerprint density at radius 1 is 1.39 bits per heavy atom. The molecular formula is C15H21NO6S. The van der Waals surface area contributed by atoms with Gasteiger partial charge in [0.15, 0.2) is 0 Å². The molecule has 1 amide bonds. The molecule has 3 aliphatic rings. The molecule has 0 aromatic heterocycles. The SMILES string of the molecule is C=C(C)C(=O)NCC(=O)OC1C2CC3OS(=O)(=O)C1C3C2(C)C. The summed E-state index contributed by atoms with van der Waals surface area (Å²) >= 11 is 0. The molecule has 8 heteroatoms. The molecule has 1 heterocycles. The van der Waals surface area contributed by atoms with Crippen molar-refractivity contribution in [2.24, 2.45) is 17.3 Å². The summed E-state index contributed by atoms with van der Waals surface area (Å²) in [5.74, 6) is -1.29. The van der Waals surface area contributed by atoms with Crippen LogP contribution in [-0.4, -0.2) is 44.3 Å². The van der Waals surface area contributed by atoms with Crippen molar-refractivity contribution in [2.75, 3.05) is 6.54 Å². The van der Waals surface area contributed by atoms with Crippen molar-refractivity contribution >= 4 is 22.0 Å². The van der Waals surface area contributed by atoms with E-state index in [9.17, 15) is 18.0 Å². The summed E-state index contributed by atoms with van der Waals surface area (Å²) in [6, 6.07) is 0. The Kier molecular flexibility index (Phi) is 3.61. The Balaban J connectivity index is 1.72. The second-order valence-electron chi connectivity index (χ2n) is 7.20. The zero-order chi connectivity index (χ0) is 17.2. The molecule has 0 aromatic rings. The number of hydrogen-bond acceptors (Lipinski definition) is 6. The van der Waals surface area contributed by atoms with Gasteiger partial charge in [0.2, 0.25) is 5.91 Å². The van der Waals surface area contributed by atoms with Gasteiger partial charge in [-0.2, -0.15) is 8.42 Å². The van der Waals surface area contributed by atoms with Crippen molar-refractivity contribution in [3.05, 3.63) is 12.2 Å². The monoisotopic (exact) mass is 343 g/mol. The molecule has 1 N–H and O–H groups in total. The predicted molar refractivity (Wildman–Crippen MR) is 80.7 cm³/mol. The minimum atomic E-state index is -3.72. The molecule has 7 nitrogen and oxygen atoms in total. The Hall–Kier alpha value is -1.41. The number of ether oxygens (including phenoxy) is 1. The Morgan fingerprint density at radius 2 is 2.04 bits per heavy atom. The molecule has 1 saturated heterocycles. The molecule has 0 spiro atoms. The molecule has 0 aromatic carbocycles. The summed E-state index contributed by atoms with van der Waals surface area (Å²) in [5.41, 5.74) is 0.0265. The summed E-state index contributed by atoms with van der Waals surface area (Å²) in [4.78, 5) is 23.4. The molecule has 128 valence electrons. The molecule has 1 aliphatic heterocycles. The van der Waals surface area contributed by atoms with Crippen molar-refractivity contribution in [1.82, 2.24) is 5.32 Å². The maximum atomic E-state index is 12.2. The zero-order valence-electron chi connectivity index (χ0n) is 13.4. The van der Waals surface area contributed by atoms with Crippen LogP contribution in [0.2, 0.25) is 0 Å². The second kappa shape index (κ2) is 5.04. The van der Waals surface area contributed by atoms with Gasteiger partial charge in [-0.15, -0.1) is 0 Å². The summed E-state index contributed by atoms with van der Waals surface area (Å²) in [6.07, 6.45) is -0.445.